The Bertz CT molecular complexity index is 999. The highest BCUT2D eigenvalue weighted by molar-refractivity contribution is 7.92. The van der Waals surface area contributed by atoms with Gasteiger partial charge in [-0.05, 0) is 30.3 Å². The van der Waals surface area contributed by atoms with Crippen LogP contribution < -0.4 is 10.3 Å². The van der Waals surface area contributed by atoms with E-state index in [1.54, 1.807) is 0 Å². The largest absolute Gasteiger partial charge is 0.417 e. The van der Waals surface area contributed by atoms with Crippen LogP contribution in [0.25, 0.3) is 0 Å². The van der Waals surface area contributed by atoms with Gasteiger partial charge in [-0.25, -0.2) is 8.42 Å². The molecule has 1 aromatic carbocycles. The van der Waals surface area contributed by atoms with Crippen molar-refractivity contribution in [2.45, 2.75) is 12.7 Å². The zero-order valence-corrected chi connectivity index (χ0v) is 14.7. The Balaban J connectivity index is 2.27. The number of rotatable bonds is 5. The van der Waals surface area contributed by atoms with E-state index in [0.29, 0.717) is 16.8 Å². The van der Waals surface area contributed by atoms with Crippen molar-refractivity contribution in [2.75, 3.05) is 11.0 Å². The molecule has 0 amide bonds. The lowest BCUT2D eigenvalue weighted by Gasteiger charge is -2.11. The number of Topliss-reactive ketones (excluding diaryl/α,β-unsaturated/α-hetero) is 1. The number of anilines is 1. The molecule has 0 spiro atoms. The normalized spacial score (nSPS) is 12.0. The summed E-state index contributed by atoms with van der Waals surface area (Å²) in [6.07, 6.45) is -3.25. The molecule has 0 aliphatic carbocycles. The number of nitrogens with zero attached hydrogens (tertiary/aromatic N) is 1. The molecular formula is C15H12ClF3N2O4S. The van der Waals surface area contributed by atoms with E-state index >= 15 is 0 Å². The predicted molar refractivity (Wildman–Crippen MR) is 90.0 cm³/mol. The number of benzene rings is 1. The molecule has 140 valence electrons. The monoisotopic (exact) mass is 408 g/mol. The van der Waals surface area contributed by atoms with E-state index in [1.807, 2.05) is 0 Å². The summed E-state index contributed by atoms with van der Waals surface area (Å²) in [6, 6.07) is 5.70. The van der Waals surface area contributed by atoms with Gasteiger partial charge in [-0.3, -0.25) is 14.3 Å². The Hall–Kier alpha value is -2.33. The fourth-order valence-corrected chi connectivity index (χ4v) is 2.85. The van der Waals surface area contributed by atoms with Crippen LogP contribution in [0.5, 0.6) is 0 Å². The summed E-state index contributed by atoms with van der Waals surface area (Å²) in [5.41, 5.74) is -1.78. The topological polar surface area (TPSA) is 85.2 Å². The second-order valence-electron chi connectivity index (χ2n) is 5.38. The number of sulfonamides is 1. The first-order valence-electron chi connectivity index (χ1n) is 6.95. The number of halogens is 4. The molecule has 0 radical (unpaired) electrons. The molecule has 0 saturated carbocycles. The SMILES string of the molecule is CS(=O)(=O)Nc1ccc(C(=O)Cn2cc(C(F)(F)F)cc(Cl)c2=O)cc1. The van der Waals surface area contributed by atoms with Crippen molar-refractivity contribution < 1.29 is 26.4 Å². The number of carbonyl (C=O) groups is 1. The molecule has 0 unspecified atom stereocenters. The molecule has 0 fully saturated rings. The third kappa shape index (κ3) is 5.09. The third-order valence-corrected chi connectivity index (χ3v) is 4.07. The third-order valence-electron chi connectivity index (χ3n) is 3.19. The lowest BCUT2D eigenvalue weighted by atomic mass is 10.1. The highest BCUT2D eigenvalue weighted by atomic mass is 35.5. The second kappa shape index (κ2) is 7.12. The molecule has 2 rings (SSSR count). The molecular weight excluding hydrogens is 397 g/mol. The zero-order valence-electron chi connectivity index (χ0n) is 13.2. The average molecular weight is 409 g/mol. The number of nitrogens with one attached hydrogen (secondary N) is 1. The summed E-state index contributed by atoms with van der Waals surface area (Å²) in [6.45, 7) is -0.651. The predicted octanol–water partition coefficient (Wildman–Crippen LogP) is 2.77. The van der Waals surface area contributed by atoms with Crippen LogP contribution in [0, 0.1) is 0 Å². The van der Waals surface area contributed by atoms with Crippen LogP contribution in [-0.2, 0) is 22.7 Å². The zero-order chi connectivity index (χ0) is 19.7. The maximum atomic E-state index is 12.8. The first-order valence-corrected chi connectivity index (χ1v) is 9.22. The van der Waals surface area contributed by atoms with Crippen molar-refractivity contribution in [3.05, 3.63) is 63.0 Å². The van der Waals surface area contributed by atoms with Gasteiger partial charge in [0.15, 0.2) is 5.78 Å². The molecule has 1 heterocycles. The molecule has 11 heteroatoms. The van der Waals surface area contributed by atoms with Gasteiger partial charge in [0.05, 0.1) is 18.4 Å². The van der Waals surface area contributed by atoms with Gasteiger partial charge < -0.3 is 4.57 Å². The number of ketones is 1. The van der Waals surface area contributed by atoms with Crippen LogP contribution in [0.3, 0.4) is 0 Å². The molecule has 26 heavy (non-hydrogen) atoms. The standard InChI is InChI=1S/C15H12ClF3N2O4S/c1-26(24,25)20-11-4-2-9(3-5-11)13(22)8-21-7-10(15(17,18)19)6-12(16)14(21)23/h2-7,20H,8H2,1H3. The van der Waals surface area contributed by atoms with E-state index < -0.39 is 44.7 Å². The van der Waals surface area contributed by atoms with E-state index in [2.05, 4.69) is 4.72 Å². The highest BCUT2D eigenvalue weighted by Gasteiger charge is 2.32. The Morgan fingerprint density at radius 3 is 2.31 bits per heavy atom. The van der Waals surface area contributed by atoms with Gasteiger partial charge in [0.25, 0.3) is 5.56 Å². The highest BCUT2D eigenvalue weighted by Crippen LogP contribution is 2.29. The summed E-state index contributed by atoms with van der Waals surface area (Å²) in [4.78, 5) is 24.1. The van der Waals surface area contributed by atoms with Crippen LogP contribution >= 0.6 is 11.6 Å². The molecule has 0 aliphatic heterocycles. The number of carbonyl (C=O) groups excluding carboxylic acids is 1. The molecule has 1 N–H and O–H groups in total. The number of alkyl halides is 3. The molecule has 0 aliphatic rings. The molecule has 2 aromatic rings. The van der Waals surface area contributed by atoms with Gasteiger partial charge in [-0.15, -0.1) is 0 Å². The van der Waals surface area contributed by atoms with Gasteiger partial charge in [0.2, 0.25) is 10.0 Å². The summed E-state index contributed by atoms with van der Waals surface area (Å²) in [7, 11) is -3.49. The number of aromatic nitrogens is 1. The molecule has 0 bridgehead atoms. The van der Waals surface area contributed by atoms with Crippen LogP contribution in [-0.4, -0.2) is 25.0 Å². The van der Waals surface area contributed by atoms with E-state index in [-0.39, 0.29) is 11.3 Å². The fraction of sp³-hybridized carbons (Fsp3) is 0.200. The second-order valence-corrected chi connectivity index (χ2v) is 7.54. The minimum atomic E-state index is -4.72. The van der Waals surface area contributed by atoms with Crippen LogP contribution in [0.2, 0.25) is 5.02 Å². The lowest BCUT2D eigenvalue weighted by molar-refractivity contribution is -0.138. The van der Waals surface area contributed by atoms with E-state index in [9.17, 15) is 31.2 Å². The van der Waals surface area contributed by atoms with Crippen LogP contribution in [0.1, 0.15) is 15.9 Å². The number of pyridine rings is 1. The van der Waals surface area contributed by atoms with E-state index in [4.69, 9.17) is 11.6 Å². The van der Waals surface area contributed by atoms with Gasteiger partial charge in [-0.1, -0.05) is 11.6 Å². The number of hydrogen-bond acceptors (Lipinski definition) is 4. The minimum absolute atomic E-state index is 0.0875. The molecule has 0 saturated heterocycles. The van der Waals surface area contributed by atoms with Crippen molar-refractivity contribution in [1.82, 2.24) is 4.57 Å². The van der Waals surface area contributed by atoms with Crippen molar-refractivity contribution in [3.63, 3.8) is 0 Å². The van der Waals surface area contributed by atoms with Gasteiger partial charge in [0.1, 0.15) is 5.02 Å². The Kier molecular flexibility index (Phi) is 5.47. The smallest absolute Gasteiger partial charge is 0.306 e. The molecule has 1 aromatic heterocycles. The van der Waals surface area contributed by atoms with Gasteiger partial charge >= 0.3 is 6.18 Å². The van der Waals surface area contributed by atoms with Crippen molar-refractivity contribution >= 4 is 33.1 Å². The van der Waals surface area contributed by atoms with Crippen LogP contribution in [0.4, 0.5) is 18.9 Å². The first kappa shape index (κ1) is 20.0. The molecule has 0 atom stereocenters. The summed E-state index contributed by atoms with van der Waals surface area (Å²) in [5.74, 6) is -0.645. The van der Waals surface area contributed by atoms with Gasteiger partial charge in [-0.2, -0.15) is 13.2 Å². The van der Waals surface area contributed by atoms with Crippen molar-refractivity contribution in [1.29, 1.82) is 0 Å². The molecule has 6 nitrogen and oxygen atoms in total. The maximum Gasteiger partial charge on any atom is 0.417 e. The average Bonchev–Trinajstić information content (AvgIpc) is 2.49. The minimum Gasteiger partial charge on any atom is -0.306 e. The van der Waals surface area contributed by atoms with Crippen molar-refractivity contribution in [3.8, 4) is 0 Å². The lowest BCUT2D eigenvalue weighted by Crippen LogP contribution is -2.26. The maximum absolute atomic E-state index is 12.8. The Morgan fingerprint density at radius 2 is 1.81 bits per heavy atom. The number of hydrogen-bond donors (Lipinski definition) is 1. The van der Waals surface area contributed by atoms with E-state index in [0.717, 1.165) is 6.26 Å². The summed E-state index contributed by atoms with van der Waals surface area (Å²) >= 11 is 5.53. The Labute approximate surface area is 151 Å². The summed E-state index contributed by atoms with van der Waals surface area (Å²) in [5, 5.41) is -0.652. The van der Waals surface area contributed by atoms with E-state index in [1.165, 1.54) is 24.3 Å². The summed E-state index contributed by atoms with van der Waals surface area (Å²) < 4.78 is 63.4. The quantitative estimate of drug-likeness (QED) is 0.771. The van der Waals surface area contributed by atoms with Crippen LogP contribution in [0.15, 0.2) is 41.3 Å². The first-order chi connectivity index (χ1) is 11.9. The van der Waals surface area contributed by atoms with Gasteiger partial charge in [0, 0.05) is 17.4 Å². The fourth-order valence-electron chi connectivity index (χ4n) is 2.06. The Morgan fingerprint density at radius 1 is 1.23 bits per heavy atom. The van der Waals surface area contributed by atoms with Crippen molar-refractivity contribution in [2.24, 2.45) is 0 Å².